The number of nitrogens with one attached hydrogen (secondary N) is 2. The lowest BCUT2D eigenvalue weighted by Crippen LogP contribution is -2.52. The van der Waals surface area contributed by atoms with Crippen LogP contribution in [-0.2, 0) is 6.54 Å². The average Bonchev–Trinajstić information content (AvgIpc) is 2.80. The van der Waals surface area contributed by atoms with Gasteiger partial charge in [0.05, 0.1) is 0 Å². The summed E-state index contributed by atoms with van der Waals surface area (Å²) in [5.41, 5.74) is 3.03. The summed E-state index contributed by atoms with van der Waals surface area (Å²) in [7, 11) is 1.82. The molecule has 1 heterocycles. The van der Waals surface area contributed by atoms with E-state index < -0.39 is 0 Å². The maximum Gasteiger partial charge on any atom is 0.251 e. The fourth-order valence-corrected chi connectivity index (χ4v) is 3.56. The van der Waals surface area contributed by atoms with Crippen LogP contribution in [0.2, 0.25) is 0 Å². The van der Waals surface area contributed by atoms with E-state index in [1.165, 1.54) is 5.69 Å². The highest BCUT2D eigenvalue weighted by atomic mass is 127. The first kappa shape index (κ1) is 25.0. The zero-order chi connectivity index (χ0) is 21.3. The molecule has 0 aromatic heterocycles. The van der Waals surface area contributed by atoms with Crippen molar-refractivity contribution in [2.24, 2.45) is 4.99 Å². The molecule has 2 aromatic rings. The third-order valence-electron chi connectivity index (χ3n) is 5.54. The summed E-state index contributed by atoms with van der Waals surface area (Å²) in [6.07, 6.45) is 0.918. The molecule has 2 aromatic carbocycles. The molecule has 168 valence electrons. The first-order valence-electron chi connectivity index (χ1n) is 10.8. The lowest BCUT2D eigenvalue weighted by Gasteiger charge is -2.37. The number of amides is 1. The van der Waals surface area contributed by atoms with Gasteiger partial charge in [0.25, 0.3) is 5.91 Å². The topological polar surface area (TPSA) is 60.0 Å². The summed E-state index contributed by atoms with van der Waals surface area (Å²) >= 11 is 0. The van der Waals surface area contributed by atoms with Crippen molar-refractivity contribution < 1.29 is 4.79 Å². The van der Waals surface area contributed by atoms with Gasteiger partial charge in [-0.1, -0.05) is 37.3 Å². The second-order valence-electron chi connectivity index (χ2n) is 7.69. The van der Waals surface area contributed by atoms with Gasteiger partial charge in [-0.3, -0.25) is 9.79 Å². The standard InChI is InChI=1S/C24H33N5O.HI/c1-4-19(2)27-23(30)21-10-8-9-20(17-21)18-26-24(25-3)29-15-13-28(14-16-29)22-11-6-5-7-12-22;/h5-12,17,19H,4,13-16,18H2,1-3H3,(H,25,26)(H,27,30);1H. The van der Waals surface area contributed by atoms with E-state index in [4.69, 9.17) is 0 Å². The number of guanidine groups is 1. The van der Waals surface area contributed by atoms with E-state index >= 15 is 0 Å². The number of piperazine rings is 1. The highest BCUT2D eigenvalue weighted by Crippen LogP contribution is 2.15. The van der Waals surface area contributed by atoms with E-state index in [0.717, 1.165) is 44.1 Å². The van der Waals surface area contributed by atoms with Crippen molar-refractivity contribution in [3.63, 3.8) is 0 Å². The van der Waals surface area contributed by atoms with E-state index in [9.17, 15) is 4.79 Å². The monoisotopic (exact) mass is 535 g/mol. The summed E-state index contributed by atoms with van der Waals surface area (Å²) in [6.45, 7) is 8.50. The van der Waals surface area contributed by atoms with E-state index in [1.807, 2.05) is 38.2 Å². The molecule has 1 unspecified atom stereocenters. The molecule has 6 nitrogen and oxygen atoms in total. The number of rotatable bonds is 6. The second kappa shape index (κ2) is 12.5. The predicted molar refractivity (Wildman–Crippen MR) is 140 cm³/mol. The van der Waals surface area contributed by atoms with Crippen LogP contribution in [0.5, 0.6) is 0 Å². The van der Waals surface area contributed by atoms with Crippen LogP contribution in [0.3, 0.4) is 0 Å². The van der Waals surface area contributed by atoms with Gasteiger partial charge in [-0.05, 0) is 43.2 Å². The Morgan fingerprint density at radius 3 is 2.42 bits per heavy atom. The number of carbonyl (C=O) groups is 1. The number of anilines is 1. The number of halogens is 1. The normalized spacial score (nSPS) is 15.1. The van der Waals surface area contributed by atoms with Gasteiger partial charge < -0.3 is 20.4 Å². The van der Waals surface area contributed by atoms with Gasteiger partial charge in [-0.25, -0.2) is 0 Å². The van der Waals surface area contributed by atoms with E-state index in [1.54, 1.807) is 0 Å². The van der Waals surface area contributed by atoms with Crippen LogP contribution in [0.1, 0.15) is 36.2 Å². The number of hydrogen-bond donors (Lipinski definition) is 2. The van der Waals surface area contributed by atoms with Crippen molar-refractivity contribution in [3.05, 3.63) is 65.7 Å². The van der Waals surface area contributed by atoms with Gasteiger partial charge in [-0.15, -0.1) is 24.0 Å². The molecule has 0 bridgehead atoms. The SMILES string of the molecule is CCC(C)NC(=O)c1cccc(CNC(=NC)N2CCN(c3ccccc3)CC2)c1.I. The summed E-state index contributed by atoms with van der Waals surface area (Å²) < 4.78 is 0. The van der Waals surface area contributed by atoms with Crippen LogP contribution < -0.4 is 15.5 Å². The molecule has 1 aliphatic heterocycles. The summed E-state index contributed by atoms with van der Waals surface area (Å²) in [4.78, 5) is 21.6. The molecule has 0 saturated carbocycles. The van der Waals surface area contributed by atoms with Crippen LogP contribution in [0, 0.1) is 0 Å². The Labute approximate surface area is 203 Å². The number of benzene rings is 2. The molecule has 31 heavy (non-hydrogen) atoms. The van der Waals surface area contributed by atoms with Crippen molar-refractivity contribution >= 4 is 41.5 Å². The molecule has 1 fully saturated rings. The number of hydrogen-bond acceptors (Lipinski definition) is 3. The fourth-order valence-electron chi connectivity index (χ4n) is 3.56. The van der Waals surface area contributed by atoms with Crippen molar-refractivity contribution in [1.82, 2.24) is 15.5 Å². The third kappa shape index (κ3) is 7.12. The number of aliphatic imine (C=N–C) groups is 1. The van der Waals surface area contributed by atoms with Gasteiger partial charge >= 0.3 is 0 Å². The summed E-state index contributed by atoms with van der Waals surface area (Å²) in [6, 6.07) is 18.5. The van der Waals surface area contributed by atoms with Crippen LogP contribution in [0.25, 0.3) is 0 Å². The molecule has 0 radical (unpaired) electrons. The van der Waals surface area contributed by atoms with E-state index in [-0.39, 0.29) is 35.9 Å². The minimum Gasteiger partial charge on any atom is -0.368 e. The van der Waals surface area contributed by atoms with Gasteiger partial charge in [0.2, 0.25) is 0 Å². The van der Waals surface area contributed by atoms with E-state index in [2.05, 4.69) is 62.7 Å². The van der Waals surface area contributed by atoms with Crippen LogP contribution >= 0.6 is 24.0 Å². The maximum atomic E-state index is 12.4. The lowest BCUT2D eigenvalue weighted by molar-refractivity contribution is 0.0939. The highest BCUT2D eigenvalue weighted by molar-refractivity contribution is 14.0. The van der Waals surface area contributed by atoms with Crippen LogP contribution in [-0.4, -0.2) is 56.0 Å². The third-order valence-corrected chi connectivity index (χ3v) is 5.54. The number of nitrogens with zero attached hydrogens (tertiary/aromatic N) is 3. The molecule has 3 rings (SSSR count). The molecule has 1 atom stereocenters. The molecule has 0 aliphatic carbocycles. The van der Waals surface area contributed by atoms with E-state index in [0.29, 0.717) is 12.1 Å². The summed E-state index contributed by atoms with van der Waals surface area (Å²) in [5.74, 6) is 0.879. The molecule has 0 spiro atoms. The zero-order valence-corrected chi connectivity index (χ0v) is 21.0. The Kier molecular flexibility index (Phi) is 10.1. The molecule has 7 heteroatoms. The van der Waals surface area contributed by atoms with Gasteiger partial charge in [0.1, 0.15) is 0 Å². The lowest BCUT2D eigenvalue weighted by atomic mass is 10.1. The zero-order valence-electron chi connectivity index (χ0n) is 18.7. The minimum absolute atomic E-state index is 0. The molecule has 2 N–H and O–H groups in total. The number of carbonyl (C=O) groups excluding carboxylic acids is 1. The smallest absolute Gasteiger partial charge is 0.251 e. The quantitative estimate of drug-likeness (QED) is 0.337. The Morgan fingerprint density at radius 1 is 1.06 bits per heavy atom. The Balaban J connectivity index is 0.00000341. The summed E-state index contributed by atoms with van der Waals surface area (Å²) in [5, 5.41) is 6.48. The first-order chi connectivity index (χ1) is 14.6. The molecular formula is C24H34IN5O. The molecular weight excluding hydrogens is 501 g/mol. The van der Waals surface area contributed by atoms with Crippen LogP contribution in [0.4, 0.5) is 5.69 Å². The van der Waals surface area contributed by atoms with Gasteiger partial charge in [-0.2, -0.15) is 0 Å². The van der Waals surface area contributed by atoms with Gasteiger partial charge in [0.15, 0.2) is 5.96 Å². The largest absolute Gasteiger partial charge is 0.368 e. The first-order valence-corrected chi connectivity index (χ1v) is 10.8. The molecule has 1 amide bonds. The fraction of sp³-hybridized carbons (Fsp3) is 0.417. The molecule has 1 aliphatic rings. The van der Waals surface area contributed by atoms with Crippen molar-refractivity contribution in [2.45, 2.75) is 32.9 Å². The average molecular weight is 535 g/mol. The Morgan fingerprint density at radius 2 is 1.77 bits per heavy atom. The predicted octanol–water partition coefficient (Wildman–Crippen LogP) is 3.73. The van der Waals surface area contributed by atoms with Crippen molar-refractivity contribution in [3.8, 4) is 0 Å². The van der Waals surface area contributed by atoms with Gasteiger partial charge in [0, 0.05) is 57.1 Å². The number of para-hydroxylation sites is 1. The maximum absolute atomic E-state index is 12.4. The Hall–Kier alpha value is -2.29. The van der Waals surface area contributed by atoms with Crippen LogP contribution in [0.15, 0.2) is 59.6 Å². The Bertz CT molecular complexity index is 850. The second-order valence-corrected chi connectivity index (χ2v) is 7.69. The molecule has 1 saturated heterocycles. The van der Waals surface area contributed by atoms with Crippen molar-refractivity contribution in [2.75, 3.05) is 38.1 Å². The van der Waals surface area contributed by atoms with Crippen molar-refractivity contribution in [1.29, 1.82) is 0 Å². The minimum atomic E-state index is -0.0207. The highest BCUT2D eigenvalue weighted by Gasteiger charge is 2.19.